The molecule has 1 aromatic heterocycles. The highest BCUT2D eigenvalue weighted by Gasteiger charge is 2.37. The van der Waals surface area contributed by atoms with Gasteiger partial charge in [-0.05, 0) is 42.8 Å². The van der Waals surface area contributed by atoms with E-state index >= 15 is 0 Å². The average molecular weight is 523 g/mol. The van der Waals surface area contributed by atoms with Gasteiger partial charge in [-0.1, -0.05) is 23.8 Å². The maximum Gasteiger partial charge on any atom is 0.219 e. The second kappa shape index (κ2) is 12.8. The molecule has 3 aromatic rings. The van der Waals surface area contributed by atoms with Crippen LogP contribution in [0.1, 0.15) is 24.5 Å². The number of methoxy groups -OCH3 is 1. The number of carbonyl (C=O) groups is 1. The lowest BCUT2D eigenvalue weighted by Crippen LogP contribution is -2.51. The zero-order valence-electron chi connectivity index (χ0n) is 22.5. The monoisotopic (exact) mass is 522 g/mol. The Balaban J connectivity index is 1.39. The van der Waals surface area contributed by atoms with Crippen molar-refractivity contribution in [2.24, 2.45) is 0 Å². The van der Waals surface area contributed by atoms with Crippen molar-refractivity contribution in [1.82, 2.24) is 19.6 Å². The summed E-state index contributed by atoms with van der Waals surface area (Å²) in [5.41, 5.74) is 0.957. The number of β-amino-alcohol motifs (C(OH)–C–C–N with tert-alkyl or cyclic N) is 1. The van der Waals surface area contributed by atoms with Crippen LogP contribution in [0, 0.1) is 6.92 Å². The number of aliphatic hydroxyl groups is 1. The average Bonchev–Trinajstić information content (AvgIpc) is 3.36. The van der Waals surface area contributed by atoms with E-state index in [-0.39, 0.29) is 19.1 Å². The van der Waals surface area contributed by atoms with Crippen LogP contribution in [0.3, 0.4) is 0 Å². The first-order chi connectivity index (χ1) is 18.3. The Morgan fingerprint density at radius 2 is 1.89 bits per heavy atom. The van der Waals surface area contributed by atoms with Gasteiger partial charge in [0.25, 0.3) is 0 Å². The molecule has 9 heteroatoms. The smallest absolute Gasteiger partial charge is 0.219 e. The summed E-state index contributed by atoms with van der Waals surface area (Å²) in [6, 6.07) is 15.5. The fraction of sp³-hybridized carbons (Fsp3) is 0.448. The predicted molar refractivity (Wildman–Crippen MR) is 144 cm³/mol. The number of hydrogen-bond donors (Lipinski definition) is 1. The number of benzene rings is 2. The molecule has 0 bridgehead atoms. The minimum Gasteiger partial charge on any atom is -0.493 e. The topological polar surface area (TPSA) is 89.3 Å². The summed E-state index contributed by atoms with van der Waals surface area (Å²) >= 11 is 0. The van der Waals surface area contributed by atoms with Gasteiger partial charge in [0, 0.05) is 58.5 Å². The van der Waals surface area contributed by atoms with Crippen molar-refractivity contribution >= 4 is 5.91 Å². The van der Waals surface area contributed by atoms with Crippen LogP contribution in [0.15, 0.2) is 60.9 Å². The fourth-order valence-corrected chi connectivity index (χ4v) is 4.62. The van der Waals surface area contributed by atoms with Crippen LogP contribution in [0.25, 0.3) is 0 Å². The van der Waals surface area contributed by atoms with Gasteiger partial charge in [0.05, 0.1) is 20.3 Å². The number of amides is 1. The lowest BCUT2D eigenvalue weighted by molar-refractivity contribution is -0.132. The Bertz CT molecular complexity index is 1170. The zero-order chi connectivity index (χ0) is 27.0. The quantitative estimate of drug-likeness (QED) is 0.387. The SMILES string of the molecule is COc1cc(CN2CCN(C(C)=O)C[C@](O)(COc3ccc(C)cc3)C2)ccc1OCCCn1cccn1. The molecular weight excluding hydrogens is 484 g/mol. The summed E-state index contributed by atoms with van der Waals surface area (Å²) < 4.78 is 19.4. The molecule has 38 heavy (non-hydrogen) atoms. The van der Waals surface area contributed by atoms with Gasteiger partial charge < -0.3 is 24.2 Å². The molecule has 1 atom stereocenters. The fourth-order valence-electron chi connectivity index (χ4n) is 4.62. The van der Waals surface area contributed by atoms with Crippen LogP contribution in [0.5, 0.6) is 17.2 Å². The van der Waals surface area contributed by atoms with Crippen LogP contribution in [-0.2, 0) is 17.9 Å². The maximum atomic E-state index is 12.2. The molecule has 1 aliphatic rings. The molecule has 2 heterocycles. The molecule has 1 aliphatic heterocycles. The van der Waals surface area contributed by atoms with Gasteiger partial charge in [-0.25, -0.2) is 0 Å². The zero-order valence-corrected chi connectivity index (χ0v) is 22.5. The minimum atomic E-state index is -1.21. The molecule has 0 saturated carbocycles. The summed E-state index contributed by atoms with van der Waals surface area (Å²) in [5.74, 6) is 1.99. The van der Waals surface area contributed by atoms with Crippen LogP contribution in [-0.4, -0.2) is 82.7 Å². The second-order valence-electron chi connectivity index (χ2n) is 9.93. The second-order valence-corrected chi connectivity index (χ2v) is 9.93. The van der Waals surface area contributed by atoms with Crippen molar-refractivity contribution < 1.29 is 24.1 Å². The highest BCUT2D eigenvalue weighted by atomic mass is 16.5. The summed E-state index contributed by atoms with van der Waals surface area (Å²) in [5, 5.41) is 15.8. The normalized spacial score (nSPS) is 18.2. The van der Waals surface area contributed by atoms with E-state index in [1.165, 1.54) is 6.92 Å². The molecule has 0 unspecified atom stereocenters. The lowest BCUT2D eigenvalue weighted by atomic mass is 10.0. The number of carbonyl (C=O) groups excluding carboxylic acids is 1. The Labute approximate surface area is 224 Å². The highest BCUT2D eigenvalue weighted by Crippen LogP contribution is 2.29. The van der Waals surface area contributed by atoms with E-state index in [1.807, 2.05) is 66.3 Å². The van der Waals surface area contributed by atoms with Crippen molar-refractivity contribution in [3.05, 3.63) is 72.1 Å². The van der Waals surface area contributed by atoms with Crippen molar-refractivity contribution in [3.63, 3.8) is 0 Å². The van der Waals surface area contributed by atoms with E-state index in [0.717, 1.165) is 24.1 Å². The van der Waals surface area contributed by atoms with Crippen LogP contribution in [0.2, 0.25) is 0 Å². The standard InChI is InChI=1S/C29H38N4O5/c1-23-6-9-26(10-7-23)38-22-29(35)20-31(15-16-32(21-29)24(2)34)19-25-8-11-27(28(18-25)36-3)37-17-5-14-33-13-4-12-30-33/h4,6-13,18,35H,5,14-17,19-22H2,1-3H3/t29-/m0/s1. The van der Waals surface area contributed by atoms with Crippen molar-refractivity contribution in [2.75, 3.05) is 46.5 Å². The van der Waals surface area contributed by atoms with Gasteiger partial charge in [0.1, 0.15) is 18.0 Å². The number of hydrogen-bond acceptors (Lipinski definition) is 7. The number of nitrogens with zero attached hydrogens (tertiary/aromatic N) is 4. The van der Waals surface area contributed by atoms with Gasteiger partial charge in [-0.2, -0.15) is 5.10 Å². The van der Waals surface area contributed by atoms with Crippen molar-refractivity contribution in [2.45, 2.75) is 39.0 Å². The van der Waals surface area contributed by atoms with Gasteiger partial charge in [0.2, 0.25) is 5.91 Å². The molecule has 1 N–H and O–H groups in total. The van der Waals surface area contributed by atoms with Crippen molar-refractivity contribution in [3.8, 4) is 17.2 Å². The molecule has 2 aromatic carbocycles. The number of aryl methyl sites for hydroxylation is 2. The molecule has 204 valence electrons. The summed E-state index contributed by atoms with van der Waals surface area (Å²) in [6.07, 6.45) is 4.53. The summed E-state index contributed by atoms with van der Waals surface area (Å²) in [4.78, 5) is 16.1. The van der Waals surface area contributed by atoms with E-state index in [0.29, 0.717) is 50.0 Å². The molecule has 1 saturated heterocycles. The molecule has 0 spiro atoms. The molecule has 1 amide bonds. The number of rotatable bonds is 11. The Morgan fingerprint density at radius 1 is 1.08 bits per heavy atom. The van der Waals surface area contributed by atoms with E-state index in [2.05, 4.69) is 10.00 Å². The van der Waals surface area contributed by atoms with Gasteiger partial charge in [0.15, 0.2) is 11.5 Å². The van der Waals surface area contributed by atoms with E-state index in [1.54, 1.807) is 18.2 Å². The number of ether oxygens (including phenoxy) is 3. The molecule has 9 nitrogen and oxygen atoms in total. The first-order valence-corrected chi connectivity index (χ1v) is 13.0. The summed E-state index contributed by atoms with van der Waals surface area (Å²) in [6.45, 7) is 7.34. The lowest BCUT2D eigenvalue weighted by Gasteiger charge is -2.32. The first kappa shape index (κ1) is 27.5. The molecule has 0 radical (unpaired) electrons. The summed E-state index contributed by atoms with van der Waals surface area (Å²) in [7, 11) is 1.63. The molecule has 0 aliphatic carbocycles. The first-order valence-electron chi connectivity index (χ1n) is 13.0. The van der Waals surface area contributed by atoms with E-state index in [9.17, 15) is 9.90 Å². The van der Waals surface area contributed by atoms with Crippen LogP contribution >= 0.6 is 0 Å². The molecule has 4 rings (SSSR count). The third-order valence-corrected chi connectivity index (χ3v) is 6.65. The van der Waals surface area contributed by atoms with Crippen LogP contribution < -0.4 is 14.2 Å². The van der Waals surface area contributed by atoms with Crippen LogP contribution in [0.4, 0.5) is 0 Å². The highest BCUT2D eigenvalue weighted by molar-refractivity contribution is 5.73. The van der Waals surface area contributed by atoms with Gasteiger partial charge in [-0.15, -0.1) is 0 Å². The Hall–Kier alpha value is -3.56. The predicted octanol–water partition coefficient (Wildman–Crippen LogP) is 3.14. The van der Waals surface area contributed by atoms with E-state index in [4.69, 9.17) is 14.2 Å². The van der Waals surface area contributed by atoms with E-state index < -0.39 is 5.60 Å². The maximum absolute atomic E-state index is 12.2. The Morgan fingerprint density at radius 3 is 2.61 bits per heavy atom. The minimum absolute atomic E-state index is 0.0589. The molecule has 1 fully saturated rings. The molecular formula is C29H38N4O5. The third-order valence-electron chi connectivity index (χ3n) is 6.65. The Kier molecular flexibility index (Phi) is 9.25. The largest absolute Gasteiger partial charge is 0.493 e. The van der Waals surface area contributed by atoms with Crippen molar-refractivity contribution in [1.29, 1.82) is 0 Å². The number of aromatic nitrogens is 2. The third kappa shape index (κ3) is 7.72. The van der Waals surface area contributed by atoms with Gasteiger partial charge >= 0.3 is 0 Å². The van der Waals surface area contributed by atoms with Gasteiger partial charge in [-0.3, -0.25) is 14.4 Å².